The van der Waals surface area contributed by atoms with Crippen LogP contribution in [0, 0.1) is 12.8 Å². The summed E-state index contributed by atoms with van der Waals surface area (Å²) in [4.78, 5) is 50.4. The molecule has 1 atom stereocenters. The lowest BCUT2D eigenvalue weighted by atomic mass is 10.1. The highest BCUT2D eigenvalue weighted by Crippen LogP contribution is 2.26. The van der Waals surface area contributed by atoms with Gasteiger partial charge in [-0.3, -0.25) is 14.4 Å². The third kappa shape index (κ3) is 6.32. The van der Waals surface area contributed by atoms with E-state index in [1.807, 2.05) is 13.8 Å². The monoisotopic (exact) mass is 472 g/mol. The molecule has 0 saturated carbocycles. The van der Waals surface area contributed by atoms with Gasteiger partial charge in [-0.05, 0) is 55.3 Å². The van der Waals surface area contributed by atoms with E-state index in [0.29, 0.717) is 28.6 Å². The number of hydrogen-bond donors (Lipinski definition) is 1. The number of aryl methyl sites for hydroxylation is 1. The molecule has 0 unspecified atom stereocenters. The summed E-state index contributed by atoms with van der Waals surface area (Å²) in [6.07, 6.45) is 0.708. The Hall–Kier alpha value is -3.39. The number of hydrogen-bond acceptors (Lipinski definition) is 6. The maximum atomic E-state index is 12.4. The highest BCUT2D eigenvalue weighted by atomic mass is 35.5. The lowest BCUT2D eigenvalue weighted by Crippen LogP contribution is -2.28. The molecule has 2 aromatic rings. The summed E-state index contributed by atoms with van der Waals surface area (Å²) < 4.78 is 10.2. The van der Waals surface area contributed by atoms with E-state index in [1.54, 1.807) is 42.5 Å². The van der Waals surface area contributed by atoms with Gasteiger partial charge in [0.15, 0.2) is 6.61 Å². The molecule has 0 bridgehead atoms. The minimum absolute atomic E-state index is 0.0197. The predicted molar refractivity (Wildman–Crippen MR) is 123 cm³/mol. The van der Waals surface area contributed by atoms with Gasteiger partial charge in [0.2, 0.25) is 5.91 Å². The van der Waals surface area contributed by atoms with Crippen molar-refractivity contribution in [2.24, 2.45) is 5.92 Å². The molecule has 0 spiro atoms. The first-order valence-electron chi connectivity index (χ1n) is 10.6. The van der Waals surface area contributed by atoms with Crippen LogP contribution in [0.5, 0.6) is 0 Å². The summed E-state index contributed by atoms with van der Waals surface area (Å²) in [6.45, 7) is 3.73. The third-order valence-electron chi connectivity index (χ3n) is 5.13. The first kappa shape index (κ1) is 24.3. The number of amides is 2. The lowest BCUT2D eigenvalue weighted by Gasteiger charge is -2.17. The standard InChI is InChI=1S/C24H25ClN2O6/c1-3-10-32-23(30)16-5-8-19(9-6-16)27-13-17(11-22(27)29)24(31)33-14-21(28)26-20-12-18(25)7-4-15(20)2/h4-9,12,17H,3,10-11,13-14H2,1-2H3,(H,26,28)/t17-/m1/s1. The number of rotatable bonds is 8. The largest absolute Gasteiger partial charge is 0.462 e. The Labute approximate surface area is 196 Å². The fourth-order valence-corrected chi connectivity index (χ4v) is 3.51. The Morgan fingerprint density at radius 1 is 1.12 bits per heavy atom. The smallest absolute Gasteiger partial charge is 0.338 e. The van der Waals surface area contributed by atoms with Crippen LogP contribution in [-0.4, -0.2) is 43.5 Å². The fraction of sp³-hybridized carbons (Fsp3) is 0.333. The molecule has 0 aliphatic carbocycles. The summed E-state index contributed by atoms with van der Waals surface area (Å²) in [5.41, 5.74) is 2.31. The van der Waals surface area contributed by atoms with Crippen molar-refractivity contribution in [2.45, 2.75) is 26.7 Å². The van der Waals surface area contributed by atoms with Gasteiger partial charge >= 0.3 is 11.9 Å². The van der Waals surface area contributed by atoms with E-state index in [2.05, 4.69) is 5.32 Å². The second kappa shape index (κ2) is 11.0. The van der Waals surface area contributed by atoms with Gasteiger partial charge in [0, 0.05) is 29.4 Å². The Kier molecular flexibility index (Phi) is 8.06. The minimum Gasteiger partial charge on any atom is -0.462 e. The Morgan fingerprint density at radius 2 is 1.85 bits per heavy atom. The van der Waals surface area contributed by atoms with E-state index < -0.39 is 30.4 Å². The molecule has 33 heavy (non-hydrogen) atoms. The van der Waals surface area contributed by atoms with Crippen molar-refractivity contribution in [2.75, 3.05) is 30.0 Å². The molecule has 1 fully saturated rings. The number of halogens is 1. The van der Waals surface area contributed by atoms with Gasteiger partial charge in [-0.25, -0.2) is 4.79 Å². The Balaban J connectivity index is 1.53. The fourth-order valence-electron chi connectivity index (χ4n) is 3.34. The minimum atomic E-state index is -0.688. The molecule has 0 aromatic heterocycles. The average Bonchev–Trinajstić information content (AvgIpc) is 3.20. The maximum Gasteiger partial charge on any atom is 0.338 e. The highest BCUT2D eigenvalue weighted by molar-refractivity contribution is 6.31. The first-order valence-corrected chi connectivity index (χ1v) is 11.0. The van der Waals surface area contributed by atoms with Crippen molar-refractivity contribution in [3.8, 4) is 0 Å². The summed E-state index contributed by atoms with van der Waals surface area (Å²) in [7, 11) is 0. The summed E-state index contributed by atoms with van der Waals surface area (Å²) >= 11 is 5.94. The summed E-state index contributed by atoms with van der Waals surface area (Å²) in [5.74, 6) is -2.47. The molecule has 1 saturated heterocycles. The van der Waals surface area contributed by atoms with Crippen LogP contribution in [0.25, 0.3) is 0 Å². The molecule has 1 N–H and O–H groups in total. The van der Waals surface area contributed by atoms with Crippen LogP contribution < -0.4 is 10.2 Å². The Morgan fingerprint density at radius 3 is 2.55 bits per heavy atom. The molecule has 1 heterocycles. The zero-order valence-corrected chi connectivity index (χ0v) is 19.2. The van der Waals surface area contributed by atoms with Crippen LogP contribution in [0.4, 0.5) is 11.4 Å². The van der Waals surface area contributed by atoms with Crippen LogP contribution in [-0.2, 0) is 23.9 Å². The molecule has 174 valence electrons. The van der Waals surface area contributed by atoms with Gasteiger partial charge < -0.3 is 19.7 Å². The molecular formula is C24H25ClN2O6. The van der Waals surface area contributed by atoms with E-state index in [0.717, 1.165) is 12.0 Å². The van der Waals surface area contributed by atoms with Crippen molar-refractivity contribution < 1.29 is 28.7 Å². The van der Waals surface area contributed by atoms with Crippen LogP contribution in [0.1, 0.15) is 35.7 Å². The second-order valence-electron chi connectivity index (χ2n) is 7.70. The number of esters is 2. The molecule has 2 amide bonds. The van der Waals surface area contributed by atoms with Gasteiger partial charge in [0.1, 0.15) is 0 Å². The van der Waals surface area contributed by atoms with Crippen molar-refractivity contribution >= 4 is 46.7 Å². The first-order chi connectivity index (χ1) is 15.8. The Bertz CT molecular complexity index is 1050. The summed E-state index contributed by atoms with van der Waals surface area (Å²) in [6, 6.07) is 11.5. The number of anilines is 2. The van der Waals surface area contributed by atoms with Crippen molar-refractivity contribution in [1.82, 2.24) is 0 Å². The third-order valence-corrected chi connectivity index (χ3v) is 5.36. The maximum absolute atomic E-state index is 12.4. The number of nitrogens with one attached hydrogen (secondary N) is 1. The number of carbonyl (C=O) groups excluding carboxylic acids is 4. The SMILES string of the molecule is CCCOC(=O)c1ccc(N2C[C@H](C(=O)OCC(=O)Nc3cc(Cl)ccc3C)CC2=O)cc1. The van der Waals surface area contributed by atoms with Gasteiger partial charge in [-0.2, -0.15) is 0 Å². The number of benzene rings is 2. The molecule has 9 heteroatoms. The van der Waals surface area contributed by atoms with E-state index in [9.17, 15) is 19.2 Å². The van der Waals surface area contributed by atoms with E-state index >= 15 is 0 Å². The molecule has 8 nitrogen and oxygen atoms in total. The number of carbonyl (C=O) groups is 4. The lowest BCUT2D eigenvalue weighted by molar-refractivity contribution is -0.151. The van der Waals surface area contributed by atoms with Crippen LogP contribution in [0.3, 0.4) is 0 Å². The molecule has 2 aromatic carbocycles. The molecular weight excluding hydrogens is 448 g/mol. The van der Waals surface area contributed by atoms with Gasteiger partial charge in [0.05, 0.1) is 18.1 Å². The topological polar surface area (TPSA) is 102 Å². The molecule has 3 rings (SSSR count). The second-order valence-corrected chi connectivity index (χ2v) is 8.14. The van der Waals surface area contributed by atoms with E-state index in [1.165, 1.54) is 4.90 Å². The van der Waals surface area contributed by atoms with Gasteiger partial charge in [-0.1, -0.05) is 24.6 Å². The number of nitrogens with zero attached hydrogens (tertiary/aromatic N) is 1. The van der Waals surface area contributed by atoms with E-state index in [4.69, 9.17) is 21.1 Å². The molecule has 0 radical (unpaired) electrons. The van der Waals surface area contributed by atoms with Crippen LogP contribution in [0.15, 0.2) is 42.5 Å². The van der Waals surface area contributed by atoms with Gasteiger partial charge in [-0.15, -0.1) is 0 Å². The zero-order chi connectivity index (χ0) is 24.0. The summed E-state index contributed by atoms with van der Waals surface area (Å²) in [5, 5.41) is 3.13. The quantitative estimate of drug-likeness (QED) is 0.587. The van der Waals surface area contributed by atoms with Gasteiger partial charge in [0.25, 0.3) is 5.91 Å². The highest BCUT2D eigenvalue weighted by Gasteiger charge is 2.36. The predicted octanol–water partition coefficient (Wildman–Crippen LogP) is 3.75. The molecule has 1 aliphatic heterocycles. The van der Waals surface area contributed by atoms with Crippen LogP contribution >= 0.6 is 11.6 Å². The number of ether oxygens (including phenoxy) is 2. The molecule has 1 aliphatic rings. The zero-order valence-electron chi connectivity index (χ0n) is 18.4. The van der Waals surface area contributed by atoms with Crippen molar-refractivity contribution in [3.63, 3.8) is 0 Å². The van der Waals surface area contributed by atoms with Crippen molar-refractivity contribution in [1.29, 1.82) is 0 Å². The normalized spacial score (nSPS) is 15.3. The average molecular weight is 473 g/mol. The van der Waals surface area contributed by atoms with E-state index in [-0.39, 0.29) is 18.9 Å². The van der Waals surface area contributed by atoms with Crippen molar-refractivity contribution in [3.05, 3.63) is 58.6 Å². The van der Waals surface area contributed by atoms with Crippen LogP contribution in [0.2, 0.25) is 5.02 Å².